The van der Waals surface area contributed by atoms with Gasteiger partial charge in [0.05, 0.1) is 5.60 Å². The number of rotatable bonds is 4. The van der Waals surface area contributed by atoms with Gasteiger partial charge in [0.1, 0.15) is 0 Å². The highest BCUT2D eigenvalue weighted by molar-refractivity contribution is 5.82. The molecule has 0 aliphatic rings. The van der Waals surface area contributed by atoms with Gasteiger partial charge >= 0.3 is 0 Å². The van der Waals surface area contributed by atoms with Crippen LogP contribution in [-0.4, -0.2) is 24.0 Å². The van der Waals surface area contributed by atoms with Crippen LogP contribution in [0.25, 0.3) is 0 Å². The van der Waals surface area contributed by atoms with Crippen molar-refractivity contribution in [2.75, 3.05) is 7.11 Å². The maximum Gasteiger partial charge on any atom is 0.0675 e. The van der Waals surface area contributed by atoms with Gasteiger partial charge in [0.2, 0.25) is 0 Å². The van der Waals surface area contributed by atoms with Gasteiger partial charge in [-0.15, -0.1) is 0 Å². The van der Waals surface area contributed by atoms with E-state index in [-0.39, 0.29) is 11.1 Å². The summed E-state index contributed by atoms with van der Waals surface area (Å²) in [5.74, 6) is 0. The minimum absolute atomic E-state index is 0.0263. The molecule has 1 N–H and O–H groups in total. The SMILES string of the molecule is COC(C)(C)C/C(C)=N/NC(C)(C)C. The normalized spacial score (nSPS) is 14.4. The van der Waals surface area contributed by atoms with Crippen LogP contribution in [0.5, 0.6) is 0 Å². The van der Waals surface area contributed by atoms with Crippen LogP contribution in [0, 0.1) is 0 Å². The average molecular weight is 200 g/mol. The number of nitrogens with zero attached hydrogens (tertiary/aromatic N) is 1. The highest BCUT2D eigenvalue weighted by atomic mass is 16.5. The Morgan fingerprint density at radius 3 is 2.07 bits per heavy atom. The minimum atomic E-state index is -0.132. The van der Waals surface area contributed by atoms with Gasteiger partial charge in [0.25, 0.3) is 0 Å². The third-order valence-electron chi connectivity index (χ3n) is 1.82. The van der Waals surface area contributed by atoms with Gasteiger partial charge in [0, 0.05) is 24.8 Å². The van der Waals surface area contributed by atoms with Gasteiger partial charge < -0.3 is 10.2 Å². The van der Waals surface area contributed by atoms with E-state index in [1.807, 2.05) is 6.92 Å². The minimum Gasteiger partial charge on any atom is -0.378 e. The van der Waals surface area contributed by atoms with Gasteiger partial charge in [-0.25, -0.2) is 0 Å². The monoisotopic (exact) mass is 200 g/mol. The maximum absolute atomic E-state index is 5.33. The molecule has 84 valence electrons. The van der Waals surface area contributed by atoms with Crippen LogP contribution >= 0.6 is 0 Å². The summed E-state index contributed by atoms with van der Waals surface area (Å²) in [6.07, 6.45) is 0.840. The van der Waals surface area contributed by atoms with E-state index >= 15 is 0 Å². The van der Waals surface area contributed by atoms with Crippen molar-refractivity contribution in [3.05, 3.63) is 0 Å². The van der Waals surface area contributed by atoms with Crippen LogP contribution in [-0.2, 0) is 4.74 Å². The average Bonchev–Trinajstić information content (AvgIpc) is 1.99. The summed E-state index contributed by atoms with van der Waals surface area (Å²) in [5.41, 5.74) is 4.06. The fraction of sp³-hybridized carbons (Fsp3) is 0.909. The van der Waals surface area contributed by atoms with E-state index in [0.717, 1.165) is 12.1 Å². The second-order valence-corrected chi connectivity index (χ2v) is 5.35. The maximum atomic E-state index is 5.33. The van der Waals surface area contributed by atoms with Crippen molar-refractivity contribution in [1.82, 2.24) is 5.43 Å². The fourth-order valence-corrected chi connectivity index (χ4v) is 0.991. The van der Waals surface area contributed by atoms with Crippen molar-refractivity contribution in [3.8, 4) is 0 Å². The molecular weight excluding hydrogens is 176 g/mol. The lowest BCUT2D eigenvalue weighted by Crippen LogP contribution is -2.33. The largest absolute Gasteiger partial charge is 0.378 e. The zero-order chi connectivity index (χ0) is 11.4. The summed E-state index contributed by atoms with van der Waals surface area (Å²) >= 11 is 0. The third-order valence-corrected chi connectivity index (χ3v) is 1.82. The molecule has 0 aliphatic heterocycles. The summed E-state index contributed by atoms with van der Waals surface area (Å²) in [4.78, 5) is 0. The number of hydrogen-bond donors (Lipinski definition) is 1. The number of ether oxygens (including phenoxy) is 1. The summed E-state index contributed by atoms with van der Waals surface area (Å²) in [7, 11) is 1.73. The van der Waals surface area contributed by atoms with E-state index in [1.54, 1.807) is 7.11 Å². The molecule has 0 aromatic heterocycles. The van der Waals surface area contributed by atoms with E-state index in [1.165, 1.54) is 0 Å². The van der Waals surface area contributed by atoms with Crippen LogP contribution in [0.2, 0.25) is 0 Å². The highest BCUT2D eigenvalue weighted by Crippen LogP contribution is 2.13. The summed E-state index contributed by atoms with van der Waals surface area (Å²) in [5, 5.41) is 4.32. The molecule has 0 unspecified atom stereocenters. The van der Waals surface area contributed by atoms with Crippen molar-refractivity contribution < 1.29 is 4.74 Å². The first-order valence-corrected chi connectivity index (χ1v) is 5.02. The molecule has 0 amide bonds. The summed E-state index contributed by atoms with van der Waals surface area (Å²) in [6.45, 7) is 12.4. The Kier molecular flexibility index (Phi) is 4.59. The molecule has 14 heavy (non-hydrogen) atoms. The summed E-state index contributed by atoms with van der Waals surface area (Å²) < 4.78 is 5.33. The van der Waals surface area contributed by atoms with E-state index in [2.05, 4.69) is 45.1 Å². The van der Waals surface area contributed by atoms with Crippen LogP contribution in [0.1, 0.15) is 48.0 Å². The molecule has 0 saturated heterocycles. The van der Waals surface area contributed by atoms with Gasteiger partial charge in [-0.2, -0.15) is 5.10 Å². The molecule has 0 spiro atoms. The lowest BCUT2D eigenvalue weighted by molar-refractivity contribution is 0.0290. The zero-order valence-electron chi connectivity index (χ0n) is 10.6. The van der Waals surface area contributed by atoms with Crippen molar-refractivity contribution >= 4 is 5.71 Å². The van der Waals surface area contributed by atoms with E-state index in [9.17, 15) is 0 Å². The van der Waals surface area contributed by atoms with Crippen LogP contribution in [0.3, 0.4) is 0 Å². The molecule has 0 radical (unpaired) electrons. The molecule has 0 heterocycles. The van der Waals surface area contributed by atoms with Gasteiger partial charge in [-0.1, -0.05) is 0 Å². The third kappa shape index (κ3) is 6.89. The Morgan fingerprint density at radius 1 is 1.21 bits per heavy atom. The fourth-order valence-electron chi connectivity index (χ4n) is 0.991. The lowest BCUT2D eigenvalue weighted by Gasteiger charge is -2.24. The molecule has 0 saturated carbocycles. The van der Waals surface area contributed by atoms with Crippen molar-refractivity contribution in [1.29, 1.82) is 0 Å². The Hall–Kier alpha value is -0.570. The second-order valence-electron chi connectivity index (χ2n) is 5.35. The van der Waals surface area contributed by atoms with E-state index in [0.29, 0.717) is 0 Å². The lowest BCUT2D eigenvalue weighted by atomic mass is 10.0. The Bertz CT molecular complexity index is 202. The first-order valence-electron chi connectivity index (χ1n) is 5.02. The second kappa shape index (κ2) is 4.78. The van der Waals surface area contributed by atoms with Gasteiger partial charge in [-0.05, 0) is 41.5 Å². The van der Waals surface area contributed by atoms with Gasteiger partial charge in [-0.3, -0.25) is 0 Å². The highest BCUT2D eigenvalue weighted by Gasteiger charge is 2.17. The molecule has 0 rings (SSSR count). The van der Waals surface area contributed by atoms with Crippen molar-refractivity contribution in [2.24, 2.45) is 5.10 Å². The quantitative estimate of drug-likeness (QED) is 0.559. The number of nitrogens with one attached hydrogen (secondary N) is 1. The molecule has 0 fully saturated rings. The van der Waals surface area contributed by atoms with E-state index < -0.39 is 0 Å². The molecule has 3 nitrogen and oxygen atoms in total. The van der Waals surface area contributed by atoms with Crippen molar-refractivity contribution in [2.45, 2.75) is 59.1 Å². The first-order chi connectivity index (χ1) is 6.16. The van der Waals surface area contributed by atoms with Gasteiger partial charge in [0.15, 0.2) is 0 Å². The predicted octanol–water partition coefficient (Wildman–Crippen LogP) is 2.57. The topological polar surface area (TPSA) is 33.6 Å². The number of methoxy groups -OCH3 is 1. The molecule has 0 atom stereocenters. The van der Waals surface area contributed by atoms with Crippen LogP contribution < -0.4 is 5.43 Å². The molecule has 0 aromatic rings. The van der Waals surface area contributed by atoms with Crippen molar-refractivity contribution in [3.63, 3.8) is 0 Å². The van der Waals surface area contributed by atoms with E-state index in [4.69, 9.17) is 4.74 Å². The van der Waals surface area contributed by atoms with Crippen LogP contribution in [0.4, 0.5) is 0 Å². The first kappa shape index (κ1) is 13.4. The standard InChI is InChI=1S/C11H24N2O/c1-9(8-11(5,6)14-7)12-13-10(2,3)4/h13H,8H2,1-7H3/b12-9+. The Balaban J connectivity index is 4.15. The Labute approximate surface area is 87.9 Å². The molecule has 0 bridgehead atoms. The van der Waals surface area contributed by atoms with Crippen LogP contribution in [0.15, 0.2) is 5.10 Å². The molecular formula is C11H24N2O. The molecule has 3 heteroatoms. The summed E-state index contributed by atoms with van der Waals surface area (Å²) in [6, 6.07) is 0. The zero-order valence-corrected chi connectivity index (χ0v) is 10.6. The Morgan fingerprint density at radius 2 is 1.71 bits per heavy atom. The number of hydrogen-bond acceptors (Lipinski definition) is 3. The smallest absolute Gasteiger partial charge is 0.0675 e. The molecule has 0 aromatic carbocycles. The predicted molar refractivity (Wildman–Crippen MR) is 61.7 cm³/mol. The number of hydrazone groups is 1. The molecule has 0 aliphatic carbocycles.